The second-order valence-corrected chi connectivity index (χ2v) is 4.21. The molecule has 0 unspecified atom stereocenters. The summed E-state index contributed by atoms with van der Waals surface area (Å²) in [5.74, 6) is 1.67. The van der Waals surface area contributed by atoms with Crippen molar-refractivity contribution < 1.29 is 9.47 Å². The number of methoxy groups -OCH3 is 2. The molecule has 0 aliphatic rings. The van der Waals surface area contributed by atoms with Gasteiger partial charge in [0.05, 0.1) is 14.2 Å². The molecule has 0 fully saturated rings. The van der Waals surface area contributed by atoms with E-state index in [2.05, 4.69) is 6.92 Å². The molecule has 1 atom stereocenters. The monoisotopic (exact) mass is 273 g/mol. The van der Waals surface area contributed by atoms with E-state index in [1.807, 2.05) is 18.2 Å². The molecule has 0 heterocycles. The number of nitrogens with two attached hydrogens (primary N) is 1. The largest absolute Gasteiger partial charge is 0.497 e. The molecule has 1 aromatic rings. The van der Waals surface area contributed by atoms with E-state index in [0.717, 1.165) is 29.9 Å². The molecule has 2 N–H and O–H groups in total. The molecule has 0 aromatic heterocycles. The number of halogens is 1. The summed E-state index contributed by atoms with van der Waals surface area (Å²) in [6.45, 7) is 2.19. The van der Waals surface area contributed by atoms with Crippen molar-refractivity contribution in [3.05, 3.63) is 23.8 Å². The number of unbranched alkanes of at least 4 members (excludes halogenated alkanes) is 2. The smallest absolute Gasteiger partial charge is 0.123 e. The average Bonchev–Trinajstić information content (AvgIpc) is 2.38. The predicted octanol–water partition coefficient (Wildman–Crippen LogP) is 3.71. The molecule has 0 spiro atoms. The molecular formula is C14H24ClNO2. The normalized spacial score (nSPS) is 11.6. The fraction of sp³-hybridized carbons (Fsp3) is 0.571. The van der Waals surface area contributed by atoms with Crippen molar-refractivity contribution in [1.29, 1.82) is 0 Å². The van der Waals surface area contributed by atoms with Crippen molar-refractivity contribution in [2.45, 2.75) is 38.6 Å². The molecule has 18 heavy (non-hydrogen) atoms. The number of hydrogen-bond acceptors (Lipinski definition) is 3. The molecule has 3 nitrogen and oxygen atoms in total. The van der Waals surface area contributed by atoms with Crippen LogP contribution in [0.1, 0.15) is 44.2 Å². The van der Waals surface area contributed by atoms with E-state index < -0.39 is 0 Å². The highest BCUT2D eigenvalue weighted by molar-refractivity contribution is 5.85. The Morgan fingerprint density at radius 2 is 1.89 bits per heavy atom. The Balaban J connectivity index is 0.00000289. The zero-order chi connectivity index (χ0) is 12.7. The van der Waals surface area contributed by atoms with Crippen molar-refractivity contribution in [1.82, 2.24) is 0 Å². The third-order valence-electron chi connectivity index (χ3n) is 2.96. The standard InChI is InChI=1S/C14H23NO2.ClH/c1-4-5-6-7-13(15)12-10-11(16-2)8-9-14(12)17-3;/h8-10,13H,4-7,15H2,1-3H3;1H/t13-;/m1./s1. The molecule has 4 heteroatoms. The molecule has 0 amide bonds. The van der Waals surface area contributed by atoms with E-state index >= 15 is 0 Å². The SMILES string of the molecule is CCCCC[C@@H](N)c1cc(OC)ccc1OC.Cl. The Bertz CT molecular complexity index is 345. The summed E-state index contributed by atoms with van der Waals surface area (Å²) >= 11 is 0. The van der Waals surface area contributed by atoms with Crippen molar-refractivity contribution in [2.24, 2.45) is 5.73 Å². The van der Waals surface area contributed by atoms with Gasteiger partial charge in [0.1, 0.15) is 11.5 Å². The first-order valence-corrected chi connectivity index (χ1v) is 6.20. The quantitative estimate of drug-likeness (QED) is 0.771. The Labute approximate surface area is 116 Å². The van der Waals surface area contributed by atoms with Gasteiger partial charge >= 0.3 is 0 Å². The van der Waals surface area contributed by atoms with Crippen LogP contribution in [0.4, 0.5) is 0 Å². The van der Waals surface area contributed by atoms with Gasteiger partial charge in [-0.25, -0.2) is 0 Å². The van der Waals surface area contributed by atoms with Crippen molar-refractivity contribution in [2.75, 3.05) is 14.2 Å². The minimum atomic E-state index is 0. The number of ether oxygens (including phenoxy) is 2. The minimum absolute atomic E-state index is 0. The lowest BCUT2D eigenvalue weighted by Crippen LogP contribution is -2.11. The van der Waals surface area contributed by atoms with Crippen LogP contribution < -0.4 is 15.2 Å². The van der Waals surface area contributed by atoms with Gasteiger partial charge in [-0.15, -0.1) is 12.4 Å². The first-order chi connectivity index (χ1) is 8.22. The third kappa shape index (κ3) is 4.75. The third-order valence-corrected chi connectivity index (χ3v) is 2.96. The summed E-state index contributed by atoms with van der Waals surface area (Å²) in [5.41, 5.74) is 7.23. The van der Waals surface area contributed by atoms with E-state index in [1.54, 1.807) is 14.2 Å². The highest BCUT2D eigenvalue weighted by atomic mass is 35.5. The summed E-state index contributed by atoms with van der Waals surface area (Å²) in [7, 11) is 3.33. The van der Waals surface area contributed by atoms with Gasteiger partial charge in [-0.1, -0.05) is 26.2 Å². The lowest BCUT2D eigenvalue weighted by molar-refractivity contribution is 0.393. The van der Waals surface area contributed by atoms with Gasteiger partial charge < -0.3 is 15.2 Å². The average molecular weight is 274 g/mol. The van der Waals surface area contributed by atoms with Gasteiger partial charge in [0.25, 0.3) is 0 Å². The van der Waals surface area contributed by atoms with Gasteiger partial charge in [0, 0.05) is 11.6 Å². The Kier molecular flexibility index (Phi) is 8.59. The van der Waals surface area contributed by atoms with E-state index in [0.29, 0.717) is 0 Å². The molecule has 0 bridgehead atoms. The second kappa shape index (κ2) is 9.06. The molecule has 0 aliphatic carbocycles. The zero-order valence-electron chi connectivity index (χ0n) is 11.4. The van der Waals surface area contributed by atoms with Gasteiger partial charge in [0.15, 0.2) is 0 Å². The first-order valence-electron chi connectivity index (χ1n) is 6.20. The van der Waals surface area contributed by atoms with Crippen LogP contribution in [0.25, 0.3) is 0 Å². The molecule has 0 saturated heterocycles. The van der Waals surface area contributed by atoms with Gasteiger partial charge in [-0.05, 0) is 24.6 Å². The van der Waals surface area contributed by atoms with Crippen LogP contribution in [0.2, 0.25) is 0 Å². The maximum atomic E-state index is 6.20. The van der Waals surface area contributed by atoms with E-state index in [1.165, 1.54) is 12.8 Å². The second-order valence-electron chi connectivity index (χ2n) is 4.21. The molecule has 1 aromatic carbocycles. The summed E-state index contributed by atoms with van der Waals surface area (Å²) < 4.78 is 10.6. The summed E-state index contributed by atoms with van der Waals surface area (Å²) in [6.07, 6.45) is 4.57. The molecule has 0 saturated carbocycles. The summed E-state index contributed by atoms with van der Waals surface area (Å²) in [5, 5.41) is 0. The van der Waals surface area contributed by atoms with Crippen LogP contribution in [0.3, 0.4) is 0 Å². The fourth-order valence-corrected chi connectivity index (χ4v) is 1.90. The molecule has 1 rings (SSSR count). The van der Waals surface area contributed by atoms with E-state index in [4.69, 9.17) is 15.2 Å². The Morgan fingerprint density at radius 1 is 1.17 bits per heavy atom. The number of benzene rings is 1. The molecular weight excluding hydrogens is 250 g/mol. The van der Waals surface area contributed by atoms with Crippen LogP contribution in [-0.2, 0) is 0 Å². The lowest BCUT2D eigenvalue weighted by atomic mass is 10.00. The fourth-order valence-electron chi connectivity index (χ4n) is 1.90. The van der Waals surface area contributed by atoms with Crippen LogP contribution in [0, 0.1) is 0 Å². The molecule has 0 radical (unpaired) electrons. The summed E-state index contributed by atoms with van der Waals surface area (Å²) in [6, 6.07) is 5.79. The van der Waals surface area contributed by atoms with Crippen LogP contribution in [0.15, 0.2) is 18.2 Å². The lowest BCUT2D eigenvalue weighted by Gasteiger charge is -2.16. The van der Waals surface area contributed by atoms with Gasteiger partial charge in [-0.2, -0.15) is 0 Å². The Morgan fingerprint density at radius 3 is 2.44 bits per heavy atom. The van der Waals surface area contributed by atoms with Crippen LogP contribution in [-0.4, -0.2) is 14.2 Å². The van der Waals surface area contributed by atoms with Crippen molar-refractivity contribution >= 4 is 12.4 Å². The maximum Gasteiger partial charge on any atom is 0.123 e. The van der Waals surface area contributed by atoms with Crippen molar-refractivity contribution in [3.63, 3.8) is 0 Å². The molecule has 104 valence electrons. The number of hydrogen-bond donors (Lipinski definition) is 1. The summed E-state index contributed by atoms with van der Waals surface area (Å²) in [4.78, 5) is 0. The highest BCUT2D eigenvalue weighted by Gasteiger charge is 2.12. The minimum Gasteiger partial charge on any atom is -0.497 e. The highest BCUT2D eigenvalue weighted by Crippen LogP contribution is 2.30. The maximum absolute atomic E-state index is 6.20. The van der Waals surface area contributed by atoms with Crippen LogP contribution in [0.5, 0.6) is 11.5 Å². The van der Waals surface area contributed by atoms with E-state index in [9.17, 15) is 0 Å². The van der Waals surface area contributed by atoms with Gasteiger partial charge in [-0.3, -0.25) is 0 Å². The zero-order valence-corrected chi connectivity index (χ0v) is 12.3. The number of rotatable bonds is 7. The predicted molar refractivity (Wildman–Crippen MR) is 77.9 cm³/mol. The molecule has 0 aliphatic heterocycles. The first kappa shape index (κ1) is 17.1. The Hall–Kier alpha value is -0.930. The topological polar surface area (TPSA) is 44.5 Å². The van der Waals surface area contributed by atoms with E-state index in [-0.39, 0.29) is 18.4 Å². The van der Waals surface area contributed by atoms with Gasteiger partial charge in [0.2, 0.25) is 0 Å². The van der Waals surface area contributed by atoms with Crippen LogP contribution >= 0.6 is 12.4 Å². The van der Waals surface area contributed by atoms with Crippen molar-refractivity contribution in [3.8, 4) is 11.5 Å².